The number of aliphatic hydroxyl groups excluding tert-OH is 1. The van der Waals surface area contributed by atoms with Crippen LogP contribution in [0.5, 0.6) is 0 Å². The van der Waals surface area contributed by atoms with Crippen LogP contribution in [0.2, 0.25) is 0 Å². The van der Waals surface area contributed by atoms with Gasteiger partial charge in [0.2, 0.25) is 5.95 Å². The second-order valence-corrected chi connectivity index (χ2v) is 11.4. The van der Waals surface area contributed by atoms with Crippen LogP contribution in [-0.4, -0.2) is 86.4 Å². The molecule has 1 unspecified atom stereocenters. The van der Waals surface area contributed by atoms with E-state index in [2.05, 4.69) is 29.9 Å². The van der Waals surface area contributed by atoms with Crippen molar-refractivity contribution in [1.82, 2.24) is 39.0 Å². The highest BCUT2D eigenvalue weighted by atomic mass is 31.2. The lowest BCUT2D eigenvalue weighted by molar-refractivity contribution is -0.406. The Labute approximate surface area is 229 Å². The molecule has 0 spiro atoms. The molecule has 19 nitrogen and oxygen atoms in total. The Morgan fingerprint density at radius 2 is 1.88 bits per heavy atom. The Bertz CT molecular complexity index is 1760. The molecule has 8 atom stereocenters. The van der Waals surface area contributed by atoms with Gasteiger partial charge in [-0.3, -0.25) is 28.0 Å². The number of nitrogen functional groups attached to an aromatic ring is 2. The zero-order chi connectivity index (χ0) is 28.7. The number of phosphoric acid groups is 1. The third-order valence-corrected chi connectivity index (χ3v) is 8.50. The number of hydrogen-bond donors (Lipinski definition) is 5. The van der Waals surface area contributed by atoms with Crippen LogP contribution >= 0.6 is 7.82 Å². The minimum Gasteiger partial charge on any atom is -0.388 e. The van der Waals surface area contributed by atoms with Crippen LogP contribution in [0.3, 0.4) is 0 Å². The van der Waals surface area contributed by atoms with E-state index >= 15 is 0 Å². The van der Waals surface area contributed by atoms with Crippen molar-refractivity contribution in [3.05, 3.63) is 29.3 Å². The number of aromatic amines is 1. The molecule has 7 rings (SSSR count). The number of imidazole rings is 2. The van der Waals surface area contributed by atoms with Crippen LogP contribution in [0.15, 0.2) is 23.8 Å². The van der Waals surface area contributed by atoms with Crippen LogP contribution in [0.4, 0.5) is 11.8 Å². The van der Waals surface area contributed by atoms with Crippen LogP contribution in [0.1, 0.15) is 25.8 Å². The van der Waals surface area contributed by atoms with E-state index < -0.39 is 55.9 Å². The Hall–Kier alpha value is -3.55. The Kier molecular flexibility index (Phi) is 5.93. The summed E-state index contributed by atoms with van der Waals surface area (Å²) in [7, 11) is -4.75. The molecule has 0 bridgehead atoms. The number of ether oxygens (including phenoxy) is 3. The summed E-state index contributed by atoms with van der Waals surface area (Å²) in [5, 5.41) is 11.3. The zero-order valence-corrected chi connectivity index (χ0v) is 22.2. The van der Waals surface area contributed by atoms with Crippen molar-refractivity contribution in [2.75, 3.05) is 24.7 Å². The predicted octanol–water partition coefficient (Wildman–Crippen LogP) is -0.834. The molecule has 7 N–H and O–H groups in total. The maximum absolute atomic E-state index is 13.1. The van der Waals surface area contributed by atoms with Gasteiger partial charge in [0.15, 0.2) is 47.0 Å². The number of H-pyrrole nitrogens is 1. The van der Waals surface area contributed by atoms with E-state index in [1.165, 1.54) is 35.0 Å². The molecule has 7 heterocycles. The number of rotatable bonds is 2. The third kappa shape index (κ3) is 4.20. The van der Waals surface area contributed by atoms with E-state index in [-0.39, 0.29) is 42.6 Å². The first-order chi connectivity index (χ1) is 19.5. The Balaban J connectivity index is 1.15. The van der Waals surface area contributed by atoms with Crippen LogP contribution in [0.25, 0.3) is 22.3 Å². The molecule has 4 aromatic rings. The number of fused-ring (bicyclic) bond motifs is 4. The maximum atomic E-state index is 13.1. The highest BCUT2D eigenvalue weighted by Gasteiger charge is 2.60. The van der Waals surface area contributed by atoms with E-state index in [9.17, 15) is 19.4 Å². The summed E-state index contributed by atoms with van der Waals surface area (Å²) in [4.78, 5) is 45.7. The van der Waals surface area contributed by atoms with Crippen LogP contribution in [-0.2, 0) is 27.8 Å². The largest absolute Gasteiger partial charge is 0.472 e. The average molecular weight is 592 g/mol. The normalized spacial score (nSPS) is 36.0. The predicted molar refractivity (Wildman–Crippen MR) is 135 cm³/mol. The third-order valence-electron chi connectivity index (χ3n) is 7.53. The number of nitrogens with two attached hydrogens (primary N) is 2. The number of phosphoric ester groups is 1. The highest BCUT2D eigenvalue weighted by Crippen LogP contribution is 2.55. The fraction of sp³-hybridized carbons (Fsp3) is 0.524. The zero-order valence-electron chi connectivity index (χ0n) is 21.3. The molecular weight excluding hydrogens is 567 g/mol. The second-order valence-electron chi connectivity index (χ2n) is 10.0. The molecule has 4 aromatic heterocycles. The molecule has 3 aliphatic heterocycles. The first kappa shape index (κ1) is 26.4. The van der Waals surface area contributed by atoms with Gasteiger partial charge in [-0.05, 0) is 13.3 Å². The van der Waals surface area contributed by atoms with Gasteiger partial charge in [0, 0.05) is 5.92 Å². The highest BCUT2D eigenvalue weighted by molar-refractivity contribution is 7.47. The molecule has 3 saturated heterocycles. The van der Waals surface area contributed by atoms with Crippen LogP contribution in [0, 0.1) is 5.92 Å². The van der Waals surface area contributed by atoms with Gasteiger partial charge in [0.1, 0.15) is 17.9 Å². The van der Waals surface area contributed by atoms with Gasteiger partial charge in [-0.1, -0.05) is 0 Å². The lowest BCUT2D eigenvalue weighted by atomic mass is 9.94. The summed E-state index contributed by atoms with van der Waals surface area (Å²) in [6, 6.07) is 0. The molecule has 218 valence electrons. The van der Waals surface area contributed by atoms with Gasteiger partial charge in [-0.15, -0.1) is 0 Å². The first-order valence-corrected chi connectivity index (χ1v) is 14.0. The summed E-state index contributed by atoms with van der Waals surface area (Å²) >= 11 is 0. The molecule has 0 radical (unpaired) electrons. The standard InChI is InChI=1S/C21H25N10O9P/c1-21-13(19(39-21)31-7-27-11-16(31)28-20(23)29-17(11)33)40-41(34,35)37-4-9-8(2-3-36-21)12(32)18(38-9)30-6-26-10-14(22)24-5-25-15(10)30/h5-9,12-13,18-19,32H,2-4H2,1H3,(H,34,35)(H2,22,24,25)(H3,23,28,29,33)/t8-,9-,12-,13+,18-,19-,21-/m1/s1. The molecule has 3 aliphatic rings. The molecule has 0 saturated carbocycles. The van der Waals surface area contributed by atoms with Gasteiger partial charge in [-0.2, -0.15) is 4.98 Å². The SMILES string of the molecule is C[C@]12OCC[C@H]3[C@@H](O)[C@H](n4cnc5c(N)ncnc54)O[C@@H]3COP(=O)(O)O[C@H]1[C@H](n1cnc3c(=O)[nH]c(N)nc31)O2. The molecule has 0 amide bonds. The summed E-state index contributed by atoms with van der Waals surface area (Å²) in [6.45, 7) is 1.21. The van der Waals surface area contributed by atoms with Crippen molar-refractivity contribution < 1.29 is 37.8 Å². The number of nitrogens with zero attached hydrogens (tertiary/aromatic N) is 7. The second kappa shape index (κ2) is 9.23. The number of aromatic nitrogens is 8. The van der Waals surface area contributed by atoms with Gasteiger partial charge in [0.25, 0.3) is 5.56 Å². The van der Waals surface area contributed by atoms with Crippen molar-refractivity contribution in [2.45, 2.75) is 49.9 Å². The van der Waals surface area contributed by atoms with Crippen molar-refractivity contribution >= 4 is 41.9 Å². The molecule has 0 aromatic carbocycles. The number of nitrogens with one attached hydrogen (secondary N) is 1. The topological polar surface area (TPSA) is 263 Å². The summed E-state index contributed by atoms with van der Waals surface area (Å²) in [6.07, 6.45) is -0.858. The average Bonchev–Trinajstić information content (AvgIpc) is 3.61. The van der Waals surface area contributed by atoms with E-state index in [1.54, 1.807) is 0 Å². The minimum atomic E-state index is -4.75. The van der Waals surface area contributed by atoms with Gasteiger partial charge < -0.3 is 35.7 Å². The van der Waals surface area contributed by atoms with Crippen molar-refractivity contribution in [2.24, 2.45) is 5.92 Å². The van der Waals surface area contributed by atoms with Gasteiger partial charge in [0.05, 0.1) is 32.0 Å². The molecule has 20 heteroatoms. The summed E-state index contributed by atoms with van der Waals surface area (Å²) < 4.78 is 44.9. The maximum Gasteiger partial charge on any atom is 0.472 e. The number of anilines is 2. The van der Waals surface area contributed by atoms with Crippen molar-refractivity contribution in [3.8, 4) is 0 Å². The lowest BCUT2D eigenvalue weighted by Crippen LogP contribution is -2.62. The summed E-state index contributed by atoms with van der Waals surface area (Å²) in [5.74, 6) is -2.06. The van der Waals surface area contributed by atoms with Crippen molar-refractivity contribution in [1.29, 1.82) is 0 Å². The quantitative estimate of drug-likeness (QED) is 0.178. The lowest BCUT2D eigenvalue weighted by Gasteiger charge is -2.51. The Morgan fingerprint density at radius 1 is 1.12 bits per heavy atom. The van der Waals surface area contributed by atoms with E-state index in [0.29, 0.717) is 11.2 Å². The van der Waals surface area contributed by atoms with Gasteiger partial charge >= 0.3 is 7.82 Å². The smallest absolute Gasteiger partial charge is 0.388 e. The fourth-order valence-corrected chi connectivity index (χ4v) is 6.47. The monoisotopic (exact) mass is 592 g/mol. The van der Waals surface area contributed by atoms with Crippen LogP contribution < -0.4 is 17.0 Å². The van der Waals surface area contributed by atoms with Crippen molar-refractivity contribution in [3.63, 3.8) is 0 Å². The van der Waals surface area contributed by atoms with E-state index in [4.69, 9.17) is 34.7 Å². The van der Waals surface area contributed by atoms with E-state index in [0.717, 1.165) is 0 Å². The van der Waals surface area contributed by atoms with E-state index in [1.807, 2.05) is 0 Å². The molecule has 0 aliphatic carbocycles. The molecular formula is C21H25N10O9P. The first-order valence-electron chi connectivity index (χ1n) is 12.5. The molecule has 41 heavy (non-hydrogen) atoms. The minimum absolute atomic E-state index is 0.00856. The summed E-state index contributed by atoms with van der Waals surface area (Å²) in [5.41, 5.74) is 11.8. The fourth-order valence-electron chi connectivity index (χ4n) is 5.49. The number of hydrogen-bond acceptors (Lipinski definition) is 15. The van der Waals surface area contributed by atoms with Gasteiger partial charge in [-0.25, -0.2) is 24.5 Å². The number of aliphatic hydroxyl groups is 1. The Morgan fingerprint density at radius 3 is 2.68 bits per heavy atom. The molecule has 3 fully saturated rings.